The first-order valence-corrected chi connectivity index (χ1v) is 6.75. The SMILES string of the molecule is CC(C)(C)C1(C)N(C(=O)O)CC12CCCCC2. The van der Waals surface area contributed by atoms with Crippen molar-refractivity contribution in [1.29, 1.82) is 0 Å². The predicted molar refractivity (Wildman–Crippen MR) is 68.1 cm³/mol. The molecule has 1 N–H and O–H groups in total. The average molecular weight is 239 g/mol. The molecule has 1 saturated heterocycles. The summed E-state index contributed by atoms with van der Waals surface area (Å²) in [6.07, 6.45) is 5.49. The smallest absolute Gasteiger partial charge is 0.407 e. The van der Waals surface area contributed by atoms with Crippen molar-refractivity contribution in [3.63, 3.8) is 0 Å². The van der Waals surface area contributed by atoms with Crippen LogP contribution < -0.4 is 0 Å². The van der Waals surface area contributed by atoms with Gasteiger partial charge in [0.05, 0.1) is 5.54 Å². The lowest BCUT2D eigenvalue weighted by atomic mass is 9.48. The molecule has 3 heteroatoms. The Morgan fingerprint density at radius 3 is 2.12 bits per heavy atom. The summed E-state index contributed by atoms with van der Waals surface area (Å²) >= 11 is 0. The molecule has 1 unspecified atom stereocenters. The highest BCUT2D eigenvalue weighted by Gasteiger charge is 2.67. The Balaban J connectivity index is 2.35. The van der Waals surface area contributed by atoms with Gasteiger partial charge in [0.15, 0.2) is 0 Å². The summed E-state index contributed by atoms with van der Waals surface area (Å²) < 4.78 is 0. The van der Waals surface area contributed by atoms with Gasteiger partial charge in [-0.05, 0) is 25.2 Å². The topological polar surface area (TPSA) is 40.5 Å². The third kappa shape index (κ3) is 1.50. The number of amides is 1. The molecule has 1 spiro atoms. The molecule has 1 aliphatic heterocycles. The van der Waals surface area contributed by atoms with E-state index in [0.717, 1.165) is 6.54 Å². The molecule has 98 valence electrons. The second-order valence-electron chi connectivity index (χ2n) is 7.03. The van der Waals surface area contributed by atoms with Gasteiger partial charge in [0.25, 0.3) is 0 Å². The van der Waals surface area contributed by atoms with Crippen molar-refractivity contribution in [3.05, 3.63) is 0 Å². The standard InChI is InChI=1S/C14H25NO2/c1-12(2,3)13(4)14(8-6-5-7-9-14)10-15(13)11(16)17/h5-10H2,1-4H3,(H,16,17). The second kappa shape index (κ2) is 3.63. The zero-order valence-electron chi connectivity index (χ0n) is 11.5. The summed E-state index contributed by atoms with van der Waals surface area (Å²) in [5.74, 6) is 0. The maximum atomic E-state index is 11.4. The molecule has 0 radical (unpaired) electrons. The Hall–Kier alpha value is -0.730. The molecule has 1 aliphatic carbocycles. The number of hydrogen-bond donors (Lipinski definition) is 1. The minimum Gasteiger partial charge on any atom is -0.465 e. The molecule has 3 nitrogen and oxygen atoms in total. The van der Waals surface area contributed by atoms with E-state index in [9.17, 15) is 9.90 Å². The molecule has 0 aromatic rings. The number of carbonyl (C=O) groups is 1. The van der Waals surface area contributed by atoms with Crippen LogP contribution >= 0.6 is 0 Å². The van der Waals surface area contributed by atoms with Gasteiger partial charge in [0.2, 0.25) is 0 Å². The monoisotopic (exact) mass is 239 g/mol. The first-order valence-electron chi connectivity index (χ1n) is 6.75. The molecule has 17 heavy (non-hydrogen) atoms. The first-order chi connectivity index (χ1) is 7.75. The number of carboxylic acid groups (broad SMARTS) is 1. The van der Waals surface area contributed by atoms with E-state index in [1.807, 2.05) is 0 Å². The van der Waals surface area contributed by atoms with E-state index in [2.05, 4.69) is 27.7 Å². The minimum absolute atomic E-state index is 0.000972. The van der Waals surface area contributed by atoms with Crippen molar-refractivity contribution in [3.8, 4) is 0 Å². The van der Waals surface area contributed by atoms with Crippen LogP contribution in [0.2, 0.25) is 0 Å². The van der Waals surface area contributed by atoms with Crippen LogP contribution in [-0.4, -0.2) is 28.2 Å². The van der Waals surface area contributed by atoms with Crippen molar-refractivity contribution < 1.29 is 9.90 Å². The fourth-order valence-corrected chi connectivity index (χ4v) is 4.14. The van der Waals surface area contributed by atoms with Crippen molar-refractivity contribution in [2.24, 2.45) is 10.8 Å². The van der Waals surface area contributed by atoms with Gasteiger partial charge in [-0.25, -0.2) is 4.79 Å². The second-order valence-corrected chi connectivity index (χ2v) is 7.03. The van der Waals surface area contributed by atoms with Crippen LogP contribution in [0.1, 0.15) is 59.8 Å². The van der Waals surface area contributed by atoms with Gasteiger partial charge in [-0.3, -0.25) is 0 Å². The first kappa shape index (κ1) is 12.7. The number of nitrogens with zero attached hydrogens (tertiary/aromatic N) is 1. The molecule has 1 amide bonds. The molecule has 1 atom stereocenters. The molecule has 0 bridgehead atoms. The molecular weight excluding hydrogens is 214 g/mol. The summed E-state index contributed by atoms with van der Waals surface area (Å²) in [6, 6.07) is 0. The van der Waals surface area contributed by atoms with Gasteiger partial charge in [0.1, 0.15) is 0 Å². The Labute approximate surface area is 104 Å². The molecule has 1 heterocycles. The number of likely N-dealkylation sites (tertiary alicyclic amines) is 1. The molecule has 0 aromatic heterocycles. The summed E-state index contributed by atoms with van der Waals surface area (Å²) in [5, 5.41) is 9.37. The zero-order valence-corrected chi connectivity index (χ0v) is 11.5. The predicted octanol–water partition coefficient (Wildman–Crippen LogP) is 3.74. The quantitative estimate of drug-likeness (QED) is 0.699. The highest BCUT2D eigenvalue weighted by molar-refractivity contribution is 5.68. The zero-order chi connectivity index (χ0) is 12.9. The molecule has 2 aliphatic rings. The fraction of sp³-hybridized carbons (Fsp3) is 0.929. The van der Waals surface area contributed by atoms with Crippen LogP contribution in [0.5, 0.6) is 0 Å². The van der Waals surface area contributed by atoms with Crippen LogP contribution in [0.4, 0.5) is 4.79 Å². The van der Waals surface area contributed by atoms with E-state index < -0.39 is 6.09 Å². The van der Waals surface area contributed by atoms with Gasteiger partial charge in [0, 0.05) is 12.0 Å². The van der Waals surface area contributed by atoms with Gasteiger partial charge >= 0.3 is 6.09 Å². The number of rotatable bonds is 0. The fourth-order valence-electron chi connectivity index (χ4n) is 4.14. The summed E-state index contributed by atoms with van der Waals surface area (Å²) in [4.78, 5) is 13.1. The average Bonchev–Trinajstić information content (AvgIpc) is 2.24. The maximum absolute atomic E-state index is 11.4. The van der Waals surface area contributed by atoms with Crippen molar-refractivity contribution in [2.45, 2.75) is 65.3 Å². The van der Waals surface area contributed by atoms with Gasteiger partial charge in [-0.15, -0.1) is 0 Å². The largest absolute Gasteiger partial charge is 0.465 e. The van der Waals surface area contributed by atoms with Crippen LogP contribution in [0.3, 0.4) is 0 Å². The lowest BCUT2D eigenvalue weighted by Crippen LogP contribution is -2.79. The summed E-state index contributed by atoms with van der Waals surface area (Å²) in [5.41, 5.74) is 0.0368. The Morgan fingerprint density at radius 2 is 1.71 bits per heavy atom. The highest BCUT2D eigenvalue weighted by Crippen LogP contribution is 2.62. The van der Waals surface area contributed by atoms with E-state index >= 15 is 0 Å². The summed E-state index contributed by atoms with van der Waals surface area (Å²) in [6.45, 7) is 9.45. The van der Waals surface area contributed by atoms with E-state index in [0.29, 0.717) is 0 Å². The Kier molecular flexibility index (Phi) is 2.72. The molecule has 2 fully saturated rings. The lowest BCUT2D eigenvalue weighted by Gasteiger charge is -2.70. The summed E-state index contributed by atoms with van der Waals surface area (Å²) in [7, 11) is 0. The van der Waals surface area contributed by atoms with Gasteiger partial charge in [-0.1, -0.05) is 40.0 Å². The van der Waals surface area contributed by atoms with Crippen LogP contribution in [0, 0.1) is 10.8 Å². The van der Waals surface area contributed by atoms with E-state index in [1.165, 1.54) is 32.1 Å². The van der Waals surface area contributed by atoms with Crippen molar-refractivity contribution in [2.75, 3.05) is 6.54 Å². The van der Waals surface area contributed by atoms with Crippen LogP contribution in [0.25, 0.3) is 0 Å². The molecule has 0 aromatic carbocycles. The van der Waals surface area contributed by atoms with Crippen LogP contribution in [0.15, 0.2) is 0 Å². The molecule has 2 rings (SSSR count). The third-order valence-corrected chi connectivity index (χ3v) is 5.54. The number of hydrogen-bond acceptors (Lipinski definition) is 1. The Morgan fingerprint density at radius 1 is 1.18 bits per heavy atom. The van der Waals surface area contributed by atoms with E-state index in [-0.39, 0.29) is 16.4 Å². The molecular formula is C14H25NO2. The van der Waals surface area contributed by atoms with Crippen molar-refractivity contribution in [1.82, 2.24) is 4.90 Å². The third-order valence-electron chi connectivity index (χ3n) is 5.54. The van der Waals surface area contributed by atoms with E-state index in [4.69, 9.17) is 0 Å². The minimum atomic E-state index is -0.751. The van der Waals surface area contributed by atoms with Gasteiger partial charge < -0.3 is 10.0 Å². The lowest BCUT2D eigenvalue weighted by molar-refractivity contribution is -0.197. The Bertz CT molecular complexity index is 326. The highest BCUT2D eigenvalue weighted by atomic mass is 16.4. The van der Waals surface area contributed by atoms with Gasteiger partial charge in [-0.2, -0.15) is 0 Å². The maximum Gasteiger partial charge on any atom is 0.407 e. The van der Waals surface area contributed by atoms with E-state index in [1.54, 1.807) is 4.90 Å². The van der Waals surface area contributed by atoms with Crippen LogP contribution in [-0.2, 0) is 0 Å². The van der Waals surface area contributed by atoms with Crippen molar-refractivity contribution >= 4 is 6.09 Å². The molecule has 1 saturated carbocycles. The normalized spacial score (nSPS) is 32.4.